The molecule has 1 aromatic heterocycles. The van der Waals surface area contributed by atoms with Gasteiger partial charge in [-0.3, -0.25) is 19.4 Å². The number of carbonyl (C=O) groups excluding carboxylic acids is 4. The molecule has 2 heterocycles. The van der Waals surface area contributed by atoms with E-state index in [1.54, 1.807) is 49.8 Å². The predicted octanol–water partition coefficient (Wildman–Crippen LogP) is 4.92. The molecule has 1 aromatic carbocycles. The fourth-order valence-electron chi connectivity index (χ4n) is 6.00. The van der Waals surface area contributed by atoms with Crippen LogP contribution in [-0.2, 0) is 41.4 Å². The molecular weight excluding hydrogens is 636 g/mol. The molecule has 1 aliphatic rings. The van der Waals surface area contributed by atoms with Gasteiger partial charge in [0.15, 0.2) is 0 Å². The summed E-state index contributed by atoms with van der Waals surface area (Å²) in [5.41, 5.74) is 0.854. The van der Waals surface area contributed by atoms with E-state index >= 15 is 0 Å². The second-order valence-corrected chi connectivity index (χ2v) is 13.7. The minimum atomic E-state index is -1.04. The molecule has 0 saturated carbocycles. The monoisotopic (exact) mass is 684 g/mol. The molecule has 0 spiro atoms. The smallest absolute Gasteiger partial charge is 0.408 e. The van der Waals surface area contributed by atoms with E-state index in [1.165, 1.54) is 13.2 Å². The Labute approximate surface area is 288 Å². The van der Waals surface area contributed by atoms with E-state index < -0.39 is 41.1 Å². The van der Waals surface area contributed by atoms with E-state index in [0.29, 0.717) is 36.5 Å². The van der Waals surface area contributed by atoms with Gasteiger partial charge < -0.3 is 29.3 Å². The number of hydrogen-bond donors (Lipinski definition) is 1. The molecule has 2 aromatic rings. The van der Waals surface area contributed by atoms with Crippen molar-refractivity contribution in [1.29, 1.82) is 0 Å². The number of esters is 1. The van der Waals surface area contributed by atoms with Crippen LogP contribution in [0.15, 0.2) is 55.1 Å². The fraction of sp³-hybridized carbons (Fsp3) is 0.528. The van der Waals surface area contributed by atoms with Gasteiger partial charge in [-0.1, -0.05) is 42.5 Å². The van der Waals surface area contributed by atoms with Crippen molar-refractivity contribution >= 4 is 35.5 Å². The highest BCUT2D eigenvalue weighted by Crippen LogP contribution is 2.33. The van der Waals surface area contributed by atoms with Crippen LogP contribution in [-0.4, -0.2) is 96.3 Å². The third-order valence-corrected chi connectivity index (χ3v) is 8.45. The van der Waals surface area contributed by atoms with Crippen LogP contribution < -0.4 is 5.32 Å². The van der Waals surface area contributed by atoms with Crippen molar-refractivity contribution in [3.63, 3.8) is 0 Å². The number of piperidine rings is 1. The van der Waals surface area contributed by atoms with E-state index in [-0.39, 0.29) is 38.5 Å². The first-order valence-electron chi connectivity index (χ1n) is 16.1. The molecule has 0 unspecified atom stereocenters. The Kier molecular flexibility index (Phi) is 14.0. The van der Waals surface area contributed by atoms with Crippen LogP contribution in [0.25, 0.3) is 0 Å². The van der Waals surface area contributed by atoms with Gasteiger partial charge in [0.1, 0.15) is 18.2 Å². The number of nitrogens with zero attached hydrogens (tertiary/aromatic N) is 3. The number of halogens is 1. The highest BCUT2D eigenvalue weighted by atomic mass is 35.5. The van der Waals surface area contributed by atoms with E-state index in [1.807, 2.05) is 37.3 Å². The third-order valence-electron chi connectivity index (χ3n) is 8.20. The molecule has 0 aliphatic carbocycles. The number of carbonyl (C=O) groups is 4. The molecular formula is C36H49ClN4O7. The highest BCUT2D eigenvalue weighted by molar-refractivity contribution is 6.30. The van der Waals surface area contributed by atoms with Crippen LogP contribution in [0.5, 0.6) is 0 Å². The number of alkyl carbamates (subject to hydrolysis) is 1. The van der Waals surface area contributed by atoms with Crippen LogP contribution in [0.1, 0.15) is 57.0 Å². The molecule has 3 amide bonds. The standard InChI is InChI=1S/C36H49ClN4O7/c1-8-19-47-34(45)39-30(23-46-7)33(44)40(6)36(22-26-13-15-28(37)16-14-26)17-10-18-41(24-36)32(43)27(21-31(42)48-35(3,4)5)20-29-12-9-11-25(2)38-29/h8-9,11-16,27,30H,1,10,17-24H2,2-7H3,(H,39,45)/t27-,30+,36-/m1/s1. The maximum absolute atomic E-state index is 14.4. The van der Waals surface area contributed by atoms with Gasteiger partial charge in [-0.05, 0) is 76.8 Å². The molecule has 3 atom stereocenters. The summed E-state index contributed by atoms with van der Waals surface area (Å²) in [5, 5.41) is 3.18. The van der Waals surface area contributed by atoms with Gasteiger partial charge in [0.25, 0.3) is 0 Å². The van der Waals surface area contributed by atoms with Crippen LogP contribution in [0, 0.1) is 12.8 Å². The number of hydrogen-bond acceptors (Lipinski definition) is 8. The molecule has 12 heteroatoms. The van der Waals surface area contributed by atoms with Gasteiger partial charge in [0, 0.05) is 50.1 Å². The molecule has 1 N–H and O–H groups in total. The summed E-state index contributed by atoms with van der Waals surface area (Å²) in [6, 6.07) is 11.9. The molecule has 0 radical (unpaired) electrons. The predicted molar refractivity (Wildman–Crippen MR) is 183 cm³/mol. The Morgan fingerprint density at radius 3 is 2.50 bits per heavy atom. The normalized spacial score (nSPS) is 17.5. The number of likely N-dealkylation sites (N-methyl/N-ethyl adjacent to an activating group) is 1. The van der Waals surface area contributed by atoms with Gasteiger partial charge in [-0.25, -0.2) is 4.79 Å². The van der Waals surface area contributed by atoms with Crippen molar-refractivity contribution in [3.8, 4) is 0 Å². The Morgan fingerprint density at radius 2 is 1.88 bits per heavy atom. The SMILES string of the molecule is C=CCOC(=O)N[C@@H](COC)C(=O)N(C)[C@@]1(Cc2ccc(Cl)cc2)CCCN(C(=O)[C@@H](CC(=O)OC(C)(C)C)Cc2cccc(C)n2)C1. The summed E-state index contributed by atoms with van der Waals surface area (Å²) in [6.07, 6.45) is 2.38. The van der Waals surface area contributed by atoms with E-state index in [9.17, 15) is 19.2 Å². The first kappa shape index (κ1) is 38.5. The third kappa shape index (κ3) is 11.3. The number of ether oxygens (including phenoxy) is 3. The van der Waals surface area contributed by atoms with Crippen molar-refractivity contribution in [2.24, 2.45) is 5.92 Å². The van der Waals surface area contributed by atoms with Gasteiger partial charge in [-0.2, -0.15) is 0 Å². The molecule has 1 saturated heterocycles. The van der Waals surface area contributed by atoms with Crippen molar-refractivity contribution in [2.45, 2.75) is 77.0 Å². The number of benzene rings is 1. The molecule has 1 fully saturated rings. The lowest BCUT2D eigenvalue weighted by molar-refractivity contribution is -0.159. The highest BCUT2D eigenvalue weighted by Gasteiger charge is 2.45. The quantitative estimate of drug-likeness (QED) is 0.219. The lowest BCUT2D eigenvalue weighted by Crippen LogP contribution is -2.65. The Balaban J connectivity index is 1.97. The largest absolute Gasteiger partial charge is 0.460 e. The molecule has 1 aliphatic heterocycles. The molecule has 3 rings (SSSR count). The number of pyridine rings is 1. The maximum Gasteiger partial charge on any atom is 0.408 e. The molecule has 11 nitrogen and oxygen atoms in total. The number of nitrogens with one attached hydrogen (secondary N) is 1. The molecule has 48 heavy (non-hydrogen) atoms. The Hall–Kier alpha value is -3.96. The summed E-state index contributed by atoms with van der Waals surface area (Å²) < 4.78 is 16.0. The number of likely N-dealkylation sites (tertiary alicyclic amines) is 1. The van der Waals surface area contributed by atoms with Crippen LogP contribution in [0.4, 0.5) is 4.79 Å². The van der Waals surface area contributed by atoms with Crippen molar-refractivity contribution < 1.29 is 33.4 Å². The fourth-order valence-corrected chi connectivity index (χ4v) is 6.13. The zero-order valence-corrected chi connectivity index (χ0v) is 29.7. The van der Waals surface area contributed by atoms with Gasteiger partial charge in [-0.15, -0.1) is 0 Å². The first-order valence-corrected chi connectivity index (χ1v) is 16.5. The first-order chi connectivity index (χ1) is 22.7. The van der Waals surface area contributed by atoms with E-state index in [4.69, 9.17) is 25.8 Å². The van der Waals surface area contributed by atoms with Crippen LogP contribution in [0.2, 0.25) is 5.02 Å². The van der Waals surface area contributed by atoms with Crippen molar-refractivity contribution in [3.05, 3.63) is 77.1 Å². The summed E-state index contributed by atoms with van der Waals surface area (Å²) in [5.74, 6) is -1.82. The Morgan fingerprint density at radius 1 is 1.17 bits per heavy atom. The number of methoxy groups -OCH3 is 1. The summed E-state index contributed by atoms with van der Waals surface area (Å²) in [7, 11) is 3.12. The van der Waals surface area contributed by atoms with Crippen LogP contribution in [0.3, 0.4) is 0 Å². The lowest BCUT2D eigenvalue weighted by Gasteiger charge is -2.49. The van der Waals surface area contributed by atoms with Gasteiger partial charge in [0.2, 0.25) is 11.8 Å². The average molecular weight is 685 g/mol. The van der Waals surface area contributed by atoms with Crippen molar-refractivity contribution in [1.82, 2.24) is 20.1 Å². The summed E-state index contributed by atoms with van der Waals surface area (Å²) >= 11 is 6.19. The minimum absolute atomic E-state index is 0.0182. The average Bonchev–Trinajstić information content (AvgIpc) is 3.02. The number of aryl methyl sites for hydroxylation is 1. The molecule has 262 valence electrons. The van der Waals surface area contributed by atoms with Crippen LogP contribution >= 0.6 is 11.6 Å². The van der Waals surface area contributed by atoms with E-state index in [2.05, 4.69) is 16.9 Å². The minimum Gasteiger partial charge on any atom is -0.460 e. The second-order valence-electron chi connectivity index (χ2n) is 13.3. The summed E-state index contributed by atoms with van der Waals surface area (Å²) in [4.78, 5) is 62.0. The second kappa shape index (κ2) is 17.4. The number of amides is 3. The molecule has 0 bridgehead atoms. The van der Waals surface area contributed by atoms with E-state index in [0.717, 1.165) is 11.3 Å². The van der Waals surface area contributed by atoms with Gasteiger partial charge >= 0.3 is 12.1 Å². The maximum atomic E-state index is 14.4. The summed E-state index contributed by atoms with van der Waals surface area (Å²) in [6.45, 7) is 11.3. The Bertz CT molecular complexity index is 1430. The zero-order chi connectivity index (χ0) is 35.5. The lowest BCUT2D eigenvalue weighted by atomic mass is 9.80. The topological polar surface area (TPSA) is 127 Å². The zero-order valence-electron chi connectivity index (χ0n) is 28.9. The number of aromatic nitrogens is 1. The van der Waals surface area contributed by atoms with Crippen molar-refractivity contribution in [2.75, 3.05) is 40.5 Å². The van der Waals surface area contributed by atoms with Gasteiger partial charge in [0.05, 0.1) is 24.5 Å². The number of rotatable bonds is 14.